The number of benzene rings is 2. The minimum Gasteiger partial charge on any atom is -0.497 e. The van der Waals surface area contributed by atoms with Gasteiger partial charge in [-0.25, -0.2) is 4.39 Å². The predicted molar refractivity (Wildman–Crippen MR) is 79.4 cm³/mol. The summed E-state index contributed by atoms with van der Waals surface area (Å²) in [5.41, 5.74) is 8.18. The molecule has 0 aromatic heterocycles. The molecule has 0 radical (unpaired) electrons. The van der Waals surface area contributed by atoms with Crippen molar-refractivity contribution in [3.8, 4) is 5.75 Å². The average molecular weight is 274 g/mol. The lowest BCUT2D eigenvalue weighted by molar-refractivity contribution is 0.415. The molecule has 2 N–H and O–H groups in total. The lowest BCUT2D eigenvalue weighted by atomic mass is 10.1. The van der Waals surface area contributed by atoms with Gasteiger partial charge in [-0.05, 0) is 42.0 Å². The Morgan fingerprint density at radius 1 is 1.15 bits per heavy atom. The van der Waals surface area contributed by atoms with Crippen LogP contribution in [0.15, 0.2) is 42.5 Å². The fraction of sp³-hybridized carbons (Fsp3) is 0.250. The minimum atomic E-state index is -0.247. The molecule has 0 fully saturated rings. The molecular weight excluding hydrogens is 255 g/mol. The Kier molecular flexibility index (Phi) is 4.58. The summed E-state index contributed by atoms with van der Waals surface area (Å²) in [6.07, 6.45) is 0. The van der Waals surface area contributed by atoms with Crippen LogP contribution in [0.4, 0.5) is 10.1 Å². The van der Waals surface area contributed by atoms with Gasteiger partial charge in [0.15, 0.2) is 0 Å². The second-order valence-corrected chi connectivity index (χ2v) is 4.68. The van der Waals surface area contributed by atoms with E-state index >= 15 is 0 Å². The molecule has 3 nitrogen and oxygen atoms in total. The van der Waals surface area contributed by atoms with Crippen LogP contribution in [0.25, 0.3) is 0 Å². The van der Waals surface area contributed by atoms with Crippen LogP contribution in [0, 0.1) is 5.82 Å². The lowest BCUT2D eigenvalue weighted by Crippen LogP contribution is -2.16. The highest BCUT2D eigenvalue weighted by Crippen LogP contribution is 2.20. The Morgan fingerprint density at radius 2 is 1.85 bits per heavy atom. The van der Waals surface area contributed by atoms with Crippen molar-refractivity contribution >= 4 is 5.69 Å². The molecule has 0 atom stereocenters. The third kappa shape index (κ3) is 3.27. The van der Waals surface area contributed by atoms with Crippen molar-refractivity contribution in [2.75, 3.05) is 19.1 Å². The van der Waals surface area contributed by atoms with Gasteiger partial charge in [0, 0.05) is 31.4 Å². The van der Waals surface area contributed by atoms with Gasteiger partial charge in [-0.2, -0.15) is 0 Å². The first kappa shape index (κ1) is 14.3. The fourth-order valence-electron chi connectivity index (χ4n) is 2.08. The minimum absolute atomic E-state index is 0.214. The van der Waals surface area contributed by atoms with Crippen molar-refractivity contribution in [1.82, 2.24) is 0 Å². The summed E-state index contributed by atoms with van der Waals surface area (Å²) in [6.45, 7) is 0.908. The zero-order valence-electron chi connectivity index (χ0n) is 11.8. The molecule has 0 unspecified atom stereocenters. The first-order valence-corrected chi connectivity index (χ1v) is 6.46. The van der Waals surface area contributed by atoms with E-state index in [1.54, 1.807) is 13.2 Å². The molecule has 0 spiro atoms. The smallest absolute Gasteiger partial charge is 0.127 e. The molecule has 0 aliphatic carbocycles. The van der Waals surface area contributed by atoms with Crippen LogP contribution in [0.3, 0.4) is 0 Å². The van der Waals surface area contributed by atoms with Crippen molar-refractivity contribution in [1.29, 1.82) is 0 Å². The highest BCUT2D eigenvalue weighted by Gasteiger charge is 2.06. The molecule has 0 heterocycles. The van der Waals surface area contributed by atoms with Crippen molar-refractivity contribution in [2.45, 2.75) is 13.1 Å². The number of nitrogens with two attached hydrogens (primary N) is 1. The second kappa shape index (κ2) is 6.39. The van der Waals surface area contributed by atoms with Crippen LogP contribution in [0.1, 0.15) is 11.1 Å². The van der Waals surface area contributed by atoms with Crippen LogP contribution in [-0.2, 0) is 13.1 Å². The van der Waals surface area contributed by atoms with E-state index in [9.17, 15) is 4.39 Å². The van der Waals surface area contributed by atoms with Crippen molar-refractivity contribution in [2.24, 2.45) is 5.73 Å². The molecule has 0 saturated carbocycles. The molecule has 4 heteroatoms. The first-order chi connectivity index (χ1) is 9.63. The fourth-order valence-corrected chi connectivity index (χ4v) is 2.08. The van der Waals surface area contributed by atoms with E-state index in [1.165, 1.54) is 6.07 Å². The van der Waals surface area contributed by atoms with E-state index in [0.717, 1.165) is 17.0 Å². The summed E-state index contributed by atoms with van der Waals surface area (Å²) in [6, 6.07) is 12.9. The van der Waals surface area contributed by atoms with Crippen LogP contribution in [0.2, 0.25) is 0 Å². The van der Waals surface area contributed by atoms with Gasteiger partial charge in [0.05, 0.1) is 7.11 Å². The summed E-state index contributed by atoms with van der Waals surface area (Å²) in [7, 11) is 3.64. The quantitative estimate of drug-likeness (QED) is 0.911. The molecule has 2 rings (SSSR count). The number of rotatable bonds is 5. The van der Waals surface area contributed by atoms with Gasteiger partial charge in [-0.15, -0.1) is 0 Å². The van der Waals surface area contributed by atoms with Gasteiger partial charge < -0.3 is 15.4 Å². The number of ether oxygens (including phenoxy) is 1. The van der Waals surface area contributed by atoms with E-state index in [2.05, 4.69) is 4.90 Å². The average Bonchev–Trinajstić information content (AvgIpc) is 2.49. The number of anilines is 1. The van der Waals surface area contributed by atoms with Gasteiger partial charge in [0.1, 0.15) is 11.6 Å². The van der Waals surface area contributed by atoms with Crippen molar-refractivity contribution < 1.29 is 9.13 Å². The monoisotopic (exact) mass is 274 g/mol. The van der Waals surface area contributed by atoms with Gasteiger partial charge in [-0.1, -0.05) is 6.07 Å². The van der Waals surface area contributed by atoms with Gasteiger partial charge in [0.25, 0.3) is 0 Å². The van der Waals surface area contributed by atoms with E-state index in [1.807, 2.05) is 37.4 Å². The predicted octanol–water partition coefficient (Wildman–Crippen LogP) is 2.93. The molecule has 20 heavy (non-hydrogen) atoms. The highest BCUT2D eigenvalue weighted by atomic mass is 19.1. The van der Waals surface area contributed by atoms with Crippen LogP contribution < -0.4 is 15.4 Å². The maximum atomic E-state index is 13.4. The molecule has 0 saturated heterocycles. The number of hydrogen-bond acceptors (Lipinski definition) is 3. The molecule has 0 aliphatic heterocycles. The number of hydrogen-bond donors (Lipinski definition) is 1. The molecular formula is C16H19FN2O. The lowest BCUT2D eigenvalue weighted by Gasteiger charge is -2.20. The molecule has 106 valence electrons. The Morgan fingerprint density at radius 3 is 2.45 bits per heavy atom. The molecule has 0 amide bonds. The summed E-state index contributed by atoms with van der Waals surface area (Å²) in [4.78, 5) is 2.09. The van der Waals surface area contributed by atoms with E-state index < -0.39 is 0 Å². The zero-order chi connectivity index (χ0) is 14.5. The molecule has 0 bridgehead atoms. The Balaban J connectivity index is 2.12. The summed E-state index contributed by atoms with van der Waals surface area (Å²) >= 11 is 0. The molecule has 0 aliphatic rings. The second-order valence-electron chi connectivity index (χ2n) is 4.68. The Labute approximate surface area is 118 Å². The van der Waals surface area contributed by atoms with Gasteiger partial charge in [0.2, 0.25) is 0 Å². The normalized spacial score (nSPS) is 10.4. The summed E-state index contributed by atoms with van der Waals surface area (Å²) in [5, 5.41) is 0. The molecule has 2 aromatic rings. The van der Waals surface area contributed by atoms with Crippen molar-refractivity contribution in [3.63, 3.8) is 0 Å². The maximum absolute atomic E-state index is 13.4. The van der Waals surface area contributed by atoms with Crippen LogP contribution >= 0.6 is 0 Å². The Bertz CT molecular complexity index is 569. The largest absolute Gasteiger partial charge is 0.497 e. The third-order valence-corrected chi connectivity index (χ3v) is 3.26. The first-order valence-electron chi connectivity index (χ1n) is 6.46. The zero-order valence-corrected chi connectivity index (χ0v) is 11.8. The summed E-state index contributed by atoms with van der Waals surface area (Å²) < 4.78 is 18.5. The maximum Gasteiger partial charge on any atom is 0.127 e. The third-order valence-electron chi connectivity index (χ3n) is 3.26. The molecule has 2 aromatic carbocycles. The Hall–Kier alpha value is -2.07. The standard InChI is InChI=1S/C16H19FN2O/c1-19(14-4-6-15(20-2)7-5-14)11-12-3-8-16(17)13(9-12)10-18/h3-9H,10-11,18H2,1-2H3. The van der Waals surface area contributed by atoms with Crippen molar-refractivity contribution in [3.05, 3.63) is 59.4 Å². The topological polar surface area (TPSA) is 38.5 Å². The number of nitrogens with zero attached hydrogens (tertiary/aromatic N) is 1. The van der Waals surface area contributed by atoms with Gasteiger partial charge >= 0.3 is 0 Å². The van der Waals surface area contributed by atoms with E-state index in [0.29, 0.717) is 12.1 Å². The van der Waals surface area contributed by atoms with E-state index in [4.69, 9.17) is 10.5 Å². The van der Waals surface area contributed by atoms with E-state index in [-0.39, 0.29) is 12.4 Å². The number of halogens is 1. The number of methoxy groups -OCH3 is 1. The summed E-state index contributed by atoms with van der Waals surface area (Å²) in [5.74, 6) is 0.581. The SMILES string of the molecule is COc1ccc(N(C)Cc2ccc(F)c(CN)c2)cc1. The highest BCUT2D eigenvalue weighted by molar-refractivity contribution is 5.49. The van der Waals surface area contributed by atoms with Crippen LogP contribution in [-0.4, -0.2) is 14.2 Å². The van der Waals surface area contributed by atoms with Gasteiger partial charge in [-0.3, -0.25) is 0 Å². The van der Waals surface area contributed by atoms with Crippen LogP contribution in [0.5, 0.6) is 5.75 Å².